The van der Waals surface area contributed by atoms with Crippen molar-refractivity contribution in [3.8, 4) is 0 Å². The number of likely N-dealkylation sites (N-methyl/N-ethyl adjacent to an activating group) is 1. The zero-order valence-corrected chi connectivity index (χ0v) is 12.9. The molecule has 0 fully saturated rings. The molecule has 0 bridgehead atoms. The number of nitrogens with zero attached hydrogens (tertiary/aromatic N) is 1. The summed E-state index contributed by atoms with van der Waals surface area (Å²) in [5.41, 5.74) is 1.96. The smallest absolute Gasteiger partial charge is 0.327 e. The summed E-state index contributed by atoms with van der Waals surface area (Å²) in [6.07, 6.45) is 0. The Morgan fingerprint density at radius 2 is 1.90 bits per heavy atom. The minimum atomic E-state index is -0.478. The van der Waals surface area contributed by atoms with E-state index in [0.717, 1.165) is 11.1 Å². The highest BCUT2D eigenvalue weighted by molar-refractivity contribution is 6.30. The molecule has 0 N–H and O–H groups in total. The van der Waals surface area contributed by atoms with E-state index in [4.69, 9.17) is 16.3 Å². The first-order valence-corrected chi connectivity index (χ1v) is 7.07. The molecule has 1 atom stereocenters. The summed E-state index contributed by atoms with van der Waals surface area (Å²) < 4.78 is 4.94. The van der Waals surface area contributed by atoms with Crippen LogP contribution in [-0.2, 0) is 16.1 Å². The molecule has 0 spiro atoms. The number of methoxy groups -OCH3 is 1. The van der Waals surface area contributed by atoms with Crippen LogP contribution in [0, 0.1) is 0 Å². The molecular formula is C17H18ClNO2. The Morgan fingerprint density at radius 3 is 2.52 bits per heavy atom. The summed E-state index contributed by atoms with van der Waals surface area (Å²) in [4.78, 5) is 14.1. The topological polar surface area (TPSA) is 29.5 Å². The molecule has 2 aromatic rings. The highest BCUT2D eigenvalue weighted by Gasteiger charge is 2.26. The van der Waals surface area contributed by atoms with Crippen molar-refractivity contribution >= 4 is 17.6 Å². The van der Waals surface area contributed by atoms with E-state index < -0.39 is 6.04 Å². The first kappa shape index (κ1) is 15.5. The van der Waals surface area contributed by atoms with Crippen LogP contribution >= 0.6 is 11.6 Å². The fourth-order valence-electron chi connectivity index (χ4n) is 2.32. The van der Waals surface area contributed by atoms with Gasteiger partial charge in [0.2, 0.25) is 0 Å². The summed E-state index contributed by atoms with van der Waals surface area (Å²) in [6, 6.07) is 16.8. The fraction of sp³-hybridized carbons (Fsp3) is 0.235. The molecule has 2 aromatic carbocycles. The van der Waals surface area contributed by atoms with Crippen molar-refractivity contribution in [2.45, 2.75) is 12.6 Å². The number of esters is 1. The van der Waals surface area contributed by atoms with Gasteiger partial charge in [-0.15, -0.1) is 0 Å². The Bertz CT molecular complexity index is 601. The van der Waals surface area contributed by atoms with Gasteiger partial charge in [0.15, 0.2) is 0 Å². The van der Waals surface area contributed by atoms with Gasteiger partial charge in [-0.05, 0) is 30.3 Å². The second-order valence-electron chi connectivity index (χ2n) is 4.88. The van der Waals surface area contributed by atoms with Crippen molar-refractivity contribution in [2.75, 3.05) is 14.2 Å². The maximum atomic E-state index is 12.1. The lowest BCUT2D eigenvalue weighted by Gasteiger charge is -2.26. The van der Waals surface area contributed by atoms with Gasteiger partial charge in [0, 0.05) is 11.6 Å². The lowest BCUT2D eigenvalue weighted by molar-refractivity contribution is -0.147. The van der Waals surface area contributed by atoms with E-state index in [2.05, 4.69) is 0 Å². The van der Waals surface area contributed by atoms with Crippen LogP contribution in [0.25, 0.3) is 0 Å². The molecule has 0 aliphatic carbocycles. The van der Waals surface area contributed by atoms with E-state index in [0.29, 0.717) is 11.6 Å². The lowest BCUT2D eigenvalue weighted by Crippen LogP contribution is -2.31. The van der Waals surface area contributed by atoms with Crippen molar-refractivity contribution in [2.24, 2.45) is 0 Å². The number of carbonyl (C=O) groups excluding carboxylic acids is 1. The third-order valence-electron chi connectivity index (χ3n) is 3.30. The Morgan fingerprint density at radius 1 is 1.19 bits per heavy atom. The van der Waals surface area contributed by atoms with Crippen LogP contribution in [-0.4, -0.2) is 25.0 Å². The van der Waals surface area contributed by atoms with Gasteiger partial charge in [0.05, 0.1) is 7.11 Å². The SMILES string of the molecule is COC(=O)C(c1cccc(Cl)c1)N(C)Cc1ccccc1. The van der Waals surface area contributed by atoms with Crippen LogP contribution in [0.15, 0.2) is 54.6 Å². The van der Waals surface area contributed by atoms with Crippen molar-refractivity contribution in [1.82, 2.24) is 4.90 Å². The summed E-state index contributed by atoms with van der Waals surface area (Å²) in [6.45, 7) is 0.646. The van der Waals surface area contributed by atoms with Crippen molar-refractivity contribution in [3.63, 3.8) is 0 Å². The van der Waals surface area contributed by atoms with Crippen molar-refractivity contribution < 1.29 is 9.53 Å². The van der Waals surface area contributed by atoms with Crippen LogP contribution in [0.4, 0.5) is 0 Å². The molecule has 0 saturated heterocycles. The van der Waals surface area contributed by atoms with Gasteiger partial charge in [0.25, 0.3) is 0 Å². The molecule has 0 amide bonds. The molecule has 0 aliphatic heterocycles. The van der Waals surface area contributed by atoms with Crippen LogP contribution < -0.4 is 0 Å². The zero-order valence-electron chi connectivity index (χ0n) is 12.1. The summed E-state index contributed by atoms with van der Waals surface area (Å²) in [5, 5.41) is 0.606. The molecule has 0 aliphatic rings. The van der Waals surface area contributed by atoms with Gasteiger partial charge in [-0.3, -0.25) is 4.90 Å². The van der Waals surface area contributed by atoms with Crippen LogP contribution in [0.2, 0.25) is 5.02 Å². The molecule has 2 rings (SSSR count). The van der Waals surface area contributed by atoms with E-state index in [1.165, 1.54) is 7.11 Å². The number of carbonyl (C=O) groups is 1. The summed E-state index contributed by atoms with van der Waals surface area (Å²) in [7, 11) is 3.30. The number of ether oxygens (including phenoxy) is 1. The van der Waals surface area contributed by atoms with Gasteiger partial charge >= 0.3 is 5.97 Å². The summed E-state index contributed by atoms with van der Waals surface area (Å²) >= 11 is 6.03. The standard InChI is InChI=1S/C17H18ClNO2/c1-19(12-13-7-4-3-5-8-13)16(17(20)21-2)14-9-6-10-15(18)11-14/h3-11,16H,12H2,1-2H3. The molecule has 21 heavy (non-hydrogen) atoms. The number of benzene rings is 2. The molecule has 4 heteroatoms. The molecule has 0 aromatic heterocycles. The normalized spacial score (nSPS) is 12.2. The highest BCUT2D eigenvalue weighted by Crippen LogP contribution is 2.25. The average Bonchev–Trinajstić information content (AvgIpc) is 2.48. The fourth-order valence-corrected chi connectivity index (χ4v) is 2.52. The number of halogens is 1. The average molecular weight is 304 g/mol. The first-order valence-electron chi connectivity index (χ1n) is 6.69. The molecule has 0 heterocycles. The van der Waals surface area contributed by atoms with Gasteiger partial charge in [-0.25, -0.2) is 4.79 Å². The van der Waals surface area contributed by atoms with Crippen LogP contribution in [0.5, 0.6) is 0 Å². The Labute approximate surface area is 130 Å². The van der Waals surface area contributed by atoms with E-state index in [1.54, 1.807) is 12.1 Å². The van der Waals surface area contributed by atoms with Crippen molar-refractivity contribution in [1.29, 1.82) is 0 Å². The van der Waals surface area contributed by atoms with Gasteiger partial charge in [-0.2, -0.15) is 0 Å². The van der Waals surface area contributed by atoms with E-state index >= 15 is 0 Å². The second-order valence-corrected chi connectivity index (χ2v) is 5.32. The molecule has 3 nitrogen and oxygen atoms in total. The third-order valence-corrected chi connectivity index (χ3v) is 3.54. The minimum Gasteiger partial charge on any atom is -0.468 e. The monoisotopic (exact) mass is 303 g/mol. The van der Waals surface area contributed by atoms with E-state index in [1.807, 2.05) is 54.4 Å². The highest BCUT2D eigenvalue weighted by atomic mass is 35.5. The third kappa shape index (κ3) is 4.06. The lowest BCUT2D eigenvalue weighted by atomic mass is 10.0. The molecule has 110 valence electrons. The molecule has 0 radical (unpaired) electrons. The number of rotatable bonds is 5. The zero-order chi connectivity index (χ0) is 15.2. The number of hydrogen-bond acceptors (Lipinski definition) is 3. The Balaban J connectivity index is 2.25. The van der Waals surface area contributed by atoms with Gasteiger partial charge < -0.3 is 4.74 Å². The predicted octanol–water partition coefficient (Wildman–Crippen LogP) is 3.69. The molecule has 0 saturated carbocycles. The summed E-state index contributed by atoms with van der Waals surface area (Å²) in [5.74, 6) is -0.296. The second kappa shape index (κ2) is 7.25. The Kier molecular flexibility index (Phi) is 5.37. The largest absolute Gasteiger partial charge is 0.468 e. The van der Waals surface area contributed by atoms with Crippen LogP contribution in [0.1, 0.15) is 17.2 Å². The van der Waals surface area contributed by atoms with E-state index in [-0.39, 0.29) is 5.97 Å². The van der Waals surface area contributed by atoms with Gasteiger partial charge in [-0.1, -0.05) is 54.1 Å². The quantitative estimate of drug-likeness (QED) is 0.789. The number of hydrogen-bond donors (Lipinski definition) is 0. The van der Waals surface area contributed by atoms with E-state index in [9.17, 15) is 4.79 Å². The Hall–Kier alpha value is -1.84. The predicted molar refractivity (Wildman–Crippen MR) is 84.1 cm³/mol. The molecule has 1 unspecified atom stereocenters. The van der Waals surface area contributed by atoms with Crippen molar-refractivity contribution in [3.05, 3.63) is 70.7 Å². The first-order chi connectivity index (χ1) is 10.1. The van der Waals surface area contributed by atoms with Crippen LogP contribution in [0.3, 0.4) is 0 Å². The van der Waals surface area contributed by atoms with Gasteiger partial charge in [0.1, 0.15) is 6.04 Å². The minimum absolute atomic E-state index is 0.296. The molecular weight excluding hydrogens is 286 g/mol. The maximum Gasteiger partial charge on any atom is 0.327 e. The maximum absolute atomic E-state index is 12.1.